The summed E-state index contributed by atoms with van der Waals surface area (Å²) in [4.78, 5) is 27.4. The highest BCUT2D eigenvalue weighted by atomic mass is 16.1. The topological polar surface area (TPSA) is 145 Å². The summed E-state index contributed by atoms with van der Waals surface area (Å²) in [7, 11) is 0. The number of hydrogen-bond donors (Lipinski definition) is 4. The van der Waals surface area contributed by atoms with E-state index in [2.05, 4.69) is 36.6 Å². The van der Waals surface area contributed by atoms with Gasteiger partial charge in [-0.2, -0.15) is 10.2 Å². The molecule has 0 bridgehead atoms. The molecule has 0 atom stereocenters. The lowest BCUT2D eigenvalue weighted by molar-refractivity contribution is -0.122. The molecule has 1 aliphatic carbocycles. The number of nitrogens with two attached hydrogens (primary N) is 1. The van der Waals surface area contributed by atoms with Crippen molar-refractivity contribution in [2.75, 3.05) is 17.2 Å². The number of primary amides is 1. The van der Waals surface area contributed by atoms with Crippen molar-refractivity contribution in [2.45, 2.75) is 38.1 Å². The predicted molar refractivity (Wildman–Crippen MR) is 114 cm³/mol. The number of rotatable bonds is 7. The first kappa shape index (κ1) is 19.6. The third-order valence-corrected chi connectivity index (χ3v) is 5.63. The molecule has 0 saturated heterocycles. The van der Waals surface area contributed by atoms with Gasteiger partial charge in [-0.1, -0.05) is 0 Å². The van der Waals surface area contributed by atoms with Crippen LogP contribution in [-0.4, -0.2) is 38.4 Å². The van der Waals surface area contributed by atoms with Crippen molar-refractivity contribution < 1.29 is 4.79 Å². The highest BCUT2D eigenvalue weighted by Crippen LogP contribution is 2.27. The van der Waals surface area contributed by atoms with Gasteiger partial charge < -0.3 is 21.4 Å². The van der Waals surface area contributed by atoms with E-state index in [1.54, 1.807) is 6.20 Å². The van der Waals surface area contributed by atoms with Crippen LogP contribution in [0.25, 0.3) is 10.9 Å². The molecule has 1 amide bonds. The van der Waals surface area contributed by atoms with Crippen molar-refractivity contribution in [2.24, 2.45) is 11.7 Å². The Kier molecular flexibility index (Phi) is 5.75. The molecule has 9 heteroatoms. The maximum absolute atomic E-state index is 11.3. The minimum absolute atomic E-state index is 0.0543. The molecule has 154 valence electrons. The molecule has 3 aromatic rings. The Morgan fingerprint density at radius 1 is 1.30 bits per heavy atom. The average Bonchev–Trinajstić information content (AvgIpc) is 3.17. The number of nitrogens with zero attached hydrogens (tertiary/aromatic N) is 4. The number of carbonyl (C=O) groups is 1. The zero-order valence-electron chi connectivity index (χ0n) is 16.6. The van der Waals surface area contributed by atoms with Crippen molar-refractivity contribution in [1.29, 1.82) is 5.26 Å². The summed E-state index contributed by atoms with van der Waals surface area (Å²) in [5.41, 5.74) is 8.02. The lowest BCUT2D eigenvalue weighted by Crippen LogP contribution is -2.32. The van der Waals surface area contributed by atoms with Gasteiger partial charge >= 0.3 is 0 Å². The van der Waals surface area contributed by atoms with Gasteiger partial charge in [-0.05, 0) is 43.7 Å². The lowest BCUT2D eigenvalue weighted by atomic mass is 9.85. The third-order valence-electron chi connectivity index (χ3n) is 5.63. The number of nitrogens with one attached hydrogen (secondary N) is 3. The number of H-pyrrole nitrogens is 1. The fourth-order valence-corrected chi connectivity index (χ4v) is 3.92. The molecule has 0 radical (unpaired) electrons. The Labute approximate surface area is 174 Å². The summed E-state index contributed by atoms with van der Waals surface area (Å²) in [6.07, 6.45) is 11.1. The normalized spacial score (nSPS) is 18.6. The second-order valence-corrected chi connectivity index (χ2v) is 7.57. The predicted octanol–water partition coefficient (Wildman–Crippen LogP) is 2.34. The molecule has 0 aliphatic heterocycles. The van der Waals surface area contributed by atoms with E-state index < -0.39 is 0 Å². The summed E-state index contributed by atoms with van der Waals surface area (Å²) >= 11 is 0. The van der Waals surface area contributed by atoms with Gasteiger partial charge in [0.25, 0.3) is 0 Å². The van der Waals surface area contributed by atoms with Crippen molar-refractivity contribution in [3.05, 3.63) is 42.0 Å². The molecule has 0 aromatic carbocycles. The highest BCUT2D eigenvalue weighted by molar-refractivity contribution is 5.82. The van der Waals surface area contributed by atoms with E-state index in [1.807, 2.05) is 18.5 Å². The van der Waals surface area contributed by atoms with Crippen molar-refractivity contribution >= 4 is 28.6 Å². The van der Waals surface area contributed by atoms with Crippen molar-refractivity contribution in [1.82, 2.24) is 19.9 Å². The van der Waals surface area contributed by atoms with Gasteiger partial charge in [0.15, 0.2) is 0 Å². The van der Waals surface area contributed by atoms with Crippen molar-refractivity contribution in [3.8, 4) is 6.07 Å². The Hall–Kier alpha value is -3.67. The second kappa shape index (κ2) is 8.78. The molecule has 0 unspecified atom stereocenters. The van der Waals surface area contributed by atoms with Crippen LogP contribution in [0.5, 0.6) is 0 Å². The zero-order chi connectivity index (χ0) is 20.9. The molecule has 9 nitrogen and oxygen atoms in total. The average molecular weight is 404 g/mol. The molecule has 4 rings (SSSR count). The molecule has 3 heterocycles. The van der Waals surface area contributed by atoms with Gasteiger partial charge in [-0.15, -0.1) is 0 Å². The Balaban J connectivity index is 1.38. The number of aromatic nitrogens is 4. The number of hydrogen-bond acceptors (Lipinski definition) is 7. The first-order chi connectivity index (χ1) is 14.6. The van der Waals surface area contributed by atoms with Crippen LogP contribution in [0.1, 0.15) is 36.8 Å². The minimum Gasteiger partial charge on any atom is -0.369 e. The quantitative estimate of drug-likeness (QED) is 0.473. The van der Waals surface area contributed by atoms with Crippen LogP contribution in [0.3, 0.4) is 0 Å². The number of aromatic amines is 1. The first-order valence-electron chi connectivity index (χ1n) is 10.1. The Bertz CT molecular complexity index is 1080. The molecular weight excluding hydrogens is 380 g/mol. The molecule has 1 fully saturated rings. The van der Waals surface area contributed by atoms with E-state index in [-0.39, 0.29) is 17.9 Å². The summed E-state index contributed by atoms with van der Waals surface area (Å²) in [6.45, 7) is 0.657. The highest BCUT2D eigenvalue weighted by Gasteiger charge is 2.25. The monoisotopic (exact) mass is 404 g/mol. The number of fused-ring (bicyclic) bond motifs is 1. The summed E-state index contributed by atoms with van der Waals surface area (Å²) < 4.78 is 0. The van der Waals surface area contributed by atoms with Gasteiger partial charge in [0.2, 0.25) is 11.9 Å². The molecule has 1 aliphatic rings. The van der Waals surface area contributed by atoms with E-state index in [1.165, 1.54) is 11.8 Å². The van der Waals surface area contributed by atoms with Gasteiger partial charge in [0, 0.05) is 36.3 Å². The third kappa shape index (κ3) is 4.33. The van der Waals surface area contributed by atoms with Gasteiger partial charge in [-0.25, -0.2) is 4.98 Å². The van der Waals surface area contributed by atoms with Crippen LogP contribution < -0.4 is 16.4 Å². The summed E-state index contributed by atoms with van der Waals surface area (Å²) in [5, 5.41) is 17.1. The van der Waals surface area contributed by atoms with Crippen LogP contribution in [0, 0.1) is 17.2 Å². The van der Waals surface area contributed by atoms with E-state index in [9.17, 15) is 10.1 Å². The summed E-state index contributed by atoms with van der Waals surface area (Å²) in [5.74, 6) is 0.715. The van der Waals surface area contributed by atoms with Crippen molar-refractivity contribution in [3.63, 3.8) is 0 Å². The van der Waals surface area contributed by atoms with Crippen LogP contribution in [-0.2, 0) is 11.2 Å². The standard InChI is InChI=1S/C21H24N8O/c22-9-15-11-27-21(25-8-5-14-10-26-18-12-24-7-6-17(14)18)29-20(15)28-16-3-1-13(2-4-16)19(23)30/h6-7,10-13,16,26H,1-5,8H2,(H2,23,30)(H2,25,27,28,29)/t13-,16+. The number of pyridine rings is 1. The Morgan fingerprint density at radius 2 is 2.13 bits per heavy atom. The van der Waals surface area contributed by atoms with Crippen LogP contribution in [0.4, 0.5) is 11.8 Å². The molecule has 1 saturated carbocycles. The maximum Gasteiger partial charge on any atom is 0.224 e. The van der Waals surface area contributed by atoms with Crippen LogP contribution in [0.2, 0.25) is 0 Å². The van der Waals surface area contributed by atoms with Crippen LogP contribution in [0.15, 0.2) is 30.9 Å². The van der Waals surface area contributed by atoms with Gasteiger partial charge in [0.05, 0.1) is 17.9 Å². The fraction of sp³-hybridized carbons (Fsp3) is 0.381. The summed E-state index contributed by atoms with van der Waals surface area (Å²) in [6, 6.07) is 4.30. The molecule has 30 heavy (non-hydrogen) atoms. The van der Waals surface area contributed by atoms with E-state index in [0.29, 0.717) is 23.9 Å². The zero-order valence-corrected chi connectivity index (χ0v) is 16.6. The lowest BCUT2D eigenvalue weighted by Gasteiger charge is -2.28. The maximum atomic E-state index is 11.3. The molecular formula is C21H24N8O. The minimum atomic E-state index is -0.230. The number of carbonyl (C=O) groups excluding carboxylic acids is 1. The largest absolute Gasteiger partial charge is 0.369 e. The van der Waals surface area contributed by atoms with Gasteiger partial charge in [0.1, 0.15) is 17.5 Å². The number of amides is 1. The van der Waals surface area contributed by atoms with Gasteiger partial charge in [-0.3, -0.25) is 9.78 Å². The van der Waals surface area contributed by atoms with E-state index >= 15 is 0 Å². The van der Waals surface area contributed by atoms with Crippen LogP contribution >= 0.6 is 0 Å². The molecule has 3 aromatic heterocycles. The fourth-order valence-electron chi connectivity index (χ4n) is 3.92. The Morgan fingerprint density at radius 3 is 2.90 bits per heavy atom. The molecule has 5 N–H and O–H groups in total. The second-order valence-electron chi connectivity index (χ2n) is 7.57. The van der Waals surface area contributed by atoms with E-state index in [4.69, 9.17) is 5.73 Å². The number of anilines is 2. The first-order valence-corrected chi connectivity index (χ1v) is 10.1. The smallest absolute Gasteiger partial charge is 0.224 e. The SMILES string of the molecule is N#Cc1cnc(NCCc2c[nH]c3cnccc23)nc1N[C@H]1CC[C@@H](C(N)=O)CC1. The number of nitriles is 1. The molecule has 0 spiro atoms. The van der Waals surface area contributed by atoms with E-state index in [0.717, 1.165) is 43.0 Å².